The van der Waals surface area contributed by atoms with Crippen LogP contribution in [0.1, 0.15) is 13.8 Å². The van der Waals surface area contributed by atoms with Crippen molar-refractivity contribution in [3.63, 3.8) is 0 Å². The van der Waals surface area contributed by atoms with Crippen molar-refractivity contribution in [1.82, 2.24) is 19.6 Å². The van der Waals surface area contributed by atoms with Crippen molar-refractivity contribution in [2.24, 2.45) is 0 Å². The highest BCUT2D eigenvalue weighted by Gasteiger charge is 2.29. The fraction of sp³-hybridized carbons (Fsp3) is 0.933. The zero-order chi connectivity index (χ0) is 14.6. The molecule has 2 aliphatic rings. The van der Waals surface area contributed by atoms with Crippen LogP contribution in [0.2, 0.25) is 0 Å². The van der Waals surface area contributed by atoms with Crippen molar-refractivity contribution in [3.05, 3.63) is 0 Å². The molecule has 0 bridgehead atoms. The quantitative estimate of drug-likeness (QED) is 0.732. The number of rotatable bonds is 4. The number of likely N-dealkylation sites (N-methyl/N-ethyl adjacent to an activating group) is 1. The van der Waals surface area contributed by atoms with Crippen LogP contribution in [0.4, 0.5) is 0 Å². The fourth-order valence-electron chi connectivity index (χ4n) is 2.96. The Hall–Kier alpha value is -0.670. The molecule has 0 aromatic carbocycles. The van der Waals surface area contributed by atoms with E-state index in [9.17, 15) is 5.26 Å². The maximum Gasteiger partial charge on any atom is 0.103 e. The van der Waals surface area contributed by atoms with Gasteiger partial charge in [0.05, 0.1) is 6.07 Å². The average molecular weight is 279 g/mol. The summed E-state index contributed by atoms with van der Waals surface area (Å²) in [5, 5.41) is 9.19. The summed E-state index contributed by atoms with van der Waals surface area (Å²) in [7, 11) is 2.20. The SMILES string of the molecule is CN1CCN(CCN2CCN(C(C)(C)C#N)CC2)CC1. The van der Waals surface area contributed by atoms with Crippen LogP contribution in [0, 0.1) is 11.3 Å². The highest BCUT2D eigenvalue weighted by molar-refractivity contribution is 5.02. The van der Waals surface area contributed by atoms with Gasteiger partial charge < -0.3 is 4.90 Å². The highest BCUT2D eigenvalue weighted by atomic mass is 15.3. The standard InChI is InChI=1S/C15H29N5/c1-15(2,14-16)20-12-10-19(11-13-20)9-8-18-6-4-17(3)5-7-18/h4-13H2,1-3H3. The van der Waals surface area contributed by atoms with E-state index in [0.29, 0.717) is 0 Å². The van der Waals surface area contributed by atoms with Crippen LogP contribution in [-0.2, 0) is 0 Å². The number of nitrogens with zero attached hydrogens (tertiary/aromatic N) is 5. The predicted molar refractivity (Wildman–Crippen MR) is 81.6 cm³/mol. The first-order valence-corrected chi connectivity index (χ1v) is 7.81. The summed E-state index contributed by atoms with van der Waals surface area (Å²) in [5.74, 6) is 0. The summed E-state index contributed by atoms with van der Waals surface area (Å²) in [5.41, 5.74) is -0.316. The van der Waals surface area contributed by atoms with Gasteiger partial charge in [0.25, 0.3) is 0 Å². The van der Waals surface area contributed by atoms with E-state index in [2.05, 4.69) is 32.7 Å². The molecule has 2 fully saturated rings. The summed E-state index contributed by atoms with van der Waals surface area (Å²) >= 11 is 0. The van der Waals surface area contributed by atoms with Gasteiger partial charge in [-0.15, -0.1) is 0 Å². The molecule has 0 aliphatic carbocycles. The Kier molecular flexibility index (Phi) is 5.39. The molecular weight excluding hydrogens is 250 g/mol. The monoisotopic (exact) mass is 279 g/mol. The lowest BCUT2D eigenvalue weighted by atomic mass is 10.0. The van der Waals surface area contributed by atoms with E-state index < -0.39 is 0 Å². The summed E-state index contributed by atoms with van der Waals surface area (Å²) in [6, 6.07) is 2.41. The molecule has 2 heterocycles. The Morgan fingerprint density at radius 2 is 1.30 bits per heavy atom. The first kappa shape index (κ1) is 15.7. The zero-order valence-corrected chi connectivity index (χ0v) is 13.3. The van der Waals surface area contributed by atoms with Gasteiger partial charge in [-0.1, -0.05) is 0 Å². The van der Waals surface area contributed by atoms with Crippen LogP contribution in [0.5, 0.6) is 0 Å². The van der Waals surface area contributed by atoms with E-state index in [0.717, 1.165) is 26.2 Å². The van der Waals surface area contributed by atoms with Crippen LogP contribution < -0.4 is 0 Å². The number of nitriles is 1. The molecule has 0 saturated carbocycles. The van der Waals surface area contributed by atoms with Crippen LogP contribution in [-0.4, -0.2) is 97.6 Å². The first-order chi connectivity index (χ1) is 9.51. The number of hydrogen-bond donors (Lipinski definition) is 0. The topological polar surface area (TPSA) is 36.8 Å². The van der Waals surface area contributed by atoms with E-state index in [1.165, 1.54) is 39.3 Å². The third-order valence-electron chi connectivity index (χ3n) is 4.76. The molecular formula is C15H29N5. The molecule has 0 aromatic rings. The molecule has 2 aliphatic heterocycles. The van der Waals surface area contributed by atoms with Gasteiger partial charge in [-0.05, 0) is 20.9 Å². The predicted octanol–water partition coefficient (Wildman–Crippen LogP) is 0.154. The molecule has 0 N–H and O–H groups in total. The third-order valence-corrected chi connectivity index (χ3v) is 4.76. The smallest absolute Gasteiger partial charge is 0.103 e. The normalized spacial score (nSPS) is 24.7. The molecule has 2 rings (SSSR count). The van der Waals surface area contributed by atoms with Crippen molar-refractivity contribution in [1.29, 1.82) is 5.26 Å². The first-order valence-electron chi connectivity index (χ1n) is 7.81. The number of hydrogen-bond acceptors (Lipinski definition) is 5. The minimum absolute atomic E-state index is 0.316. The van der Waals surface area contributed by atoms with Gasteiger partial charge in [-0.3, -0.25) is 14.7 Å². The molecule has 0 atom stereocenters. The molecule has 0 radical (unpaired) electrons. The lowest BCUT2D eigenvalue weighted by Gasteiger charge is -2.41. The highest BCUT2D eigenvalue weighted by Crippen LogP contribution is 2.15. The Morgan fingerprint density at radius 1 is 0.850 bits per heavy atom. The molecule has 5 nitrogen and oxygen atoms in total. The second-order valence-electron chi connectivity index (χ2n) is 6.64. The lowest BCUT2D eigenvalue weighted by Crippen LogP contribution is -2.55. The van der Waals surface area contributed by atoms with E-state index in [-0.39, 0.29) is 5.54 Å². The van der Waals surface area contributed by atoms with Gasteiger partial charge >= 0.3 is 0 Å². The van der Waals surface area contributed by atoms with Crippen molar-refractivity contribution in [3.8, 4) is 6.07 Å². The summed E-state index contributed by atoms with van der Waals surface area (Å²) in [6.45, 7) is 15.4. The van der Waals surface area contributed by atoms with Crippen molar-refractivity contribution >= 4 is 0 Å². The molecule has 0 spiro atoms. The van der Waals surface area contributed by atoms with Crippen LogP contribution in [0.25, 0.3) is 0 Å². The van der Waals surface area contributed by atoms with Crippen LogP contribution in [0.15, 0.2) is 0 Å². The van der Waals surface area contributed by atoms with E-state index >= 15 is 0 Å². The second-order valence-corrected chi connectivity index (χ2v) is 6.64. The molecule has 2 saturated heterocycles. The average Bonchev–Trinajstić information content (AvgIpc) is 2.47. The van der Waals surface area contributed by atoms with Gasteiger partial charge in [0, 0.05) is 65.4 Å². The Labute approximate surface area is 123 Å². The van der Waals surface area contributed by atoms with Gasteiger partial charge in [0.1, 0.15) is 5.54 Å². The largest absolute Gasteiger partial charge is 0.304 e. The van der Waals surface area contributed by atoms with Crippen LogP contribution in [0.3, 0.4) is 0 Å². The Balaban J connectivity index is 1.66. The molecule has 0 unspecified atom stereocenters. The van der Waals surface area contributed by atoms with E-state index in [4.69, 9.17) is 0 Å². The maximum atomic E-state index is 9.19. The Bertz CT molecular complexity index is 333. The van der Waals surface area contributed by atoms with Crippen molar-refractivity contribution in [2.75, 3.05) is 72.5 Å². The molecule has 0 aromatic heterocycles. The second kappa shape index (κ2) is 6.86. The number of piperazine rings is 2. The maximum absolute atomic E-state index is 9.19. The third kappa shape index (κ3) is 4.16. The minimum atomic E-state index is -0.316. The van der Waals surface area contributed by atoms with Crippen molar-refractivity contribution in [2.45, 2.75) is 19.4 Å². The van der Waals surface area contributed by atoms with Crippen LogP contribution >= 0.6 is 0 Å². The molecule has 114 valence electrons. The minimum Gasteiger partial charge on any atom is -0.304 e. The summed E-state index contributed by atoms with van der Waals surface area (Å²) < 4.78 is 0. The molecule has 5 heteroatoms. The van der Waals surface area contributed by atoms with Gasteiger partial charge in [0.2, 0.25) is 0 Å². The molecule has 0 amide bonds. The van der Waals surface area contributed by atoms with Gasteiger partial charge in [-0.25, -0.2) is 0 Å². The summed E-state index contributed by atoms with van der Waals surface area (Å²) in [6.07, 6.45) is 0. The zero-order valence-electron chi connectivity index (χ0n) is 13.3. The van der Waals surface area contributed by atoms with E-state index in [1.54, 1.807) is 0 Å². The molecule has 20 heavy (non-hydrogen) atoms. The Morgan fingerprint density at radius 3 is 1.75 bits per heavy atom. The summed E-state index contributed by atoms with van der Waals surface area (Å²) in [4.78, 5) is 9.83. The van der Waals surface area contributed by atoms with Gasteiger partial charge in [-0.2, -0.15) is 5.26 Å². The van der Waals surface area contributed by atoms with E-state index in [1.807, 2.05) is 13.8 Å². The van der Waals surface area contributed by atoms with Crippen molar-refractivity contribution < 1.29 is 0 Å². The fourth-order valence-corrected chi connectivity index (χ4v) is 2.96. The lowest BCUT2D eigenvalue weighted by molar-refractivity contribution is 0.0681. The van der Waals surface area contributed by atoms with Gasteiger partial charge in [0.15, 0.2) is 0 Å².